The number of nitrogens with zero attached hydrogens (tertiary/aromatic N) is 1. The van der Waals surface area contributed by atoms with Crippen molar-refractivity contribution in [3.63, 3.8) is 0 Å². The largest absolute Gasteiger partial charge is 0.474 e. The molecule has 0 unspecified atom stereocenters. The molecule has 6 nitrogen and oxygen atoms in total. The van der Waals surface area contributed by atoms with E-state index in [1.807, 2.05) is 6.07 Å². The van der Waals surface area contributed by atoms with Crippen molar-refractivity contribution in [3.8, 4) is 5.88 Å². The molecule has 0 saturated heterocycles. The predicted molar refractivity (Wildman–Crippen MR) is 108 cm³/mol. The summed E-state index contributed by atoms with van der Waals surface area (Å²) in [4.78, 5) is 16.4. The Kier molecular flexibility index (Phi) is 8.11. The first-order valence-corrected chi connectivity index (χ1v) is 10.2. The van der Waals surface area contributed by atoms with E-state index in [0.717, 1.165) is 36.8 Å². The molecule has 1 fully saturated rings. The minimum absolute atomic E-state index is 0.121. The fraction of sp³-hybridized carbons (Fsp3) is 0.455. The van der Waals surface area contributed by atoms with Crippen LogP contribution in [0.5, 0.6) is 5.88 Å². The second-order valence-corrected chi connectivity index (χ2v) is 7.45. The average Bonchev–Trinajstić information content (AvgIpc) is 3.25. The van der Waals surface area contributed by atoms with Crippen LogP contribution in [0, 0.1) is 0 Å². The van der Waals surface area contributed by atoms with Gasteiger partial charge >= 0.3 is 12.2 Å². The van der Waals surface area contributed by atoms with Crippen LogP contribution in [0.25, 0.3) is 0 Å². The van der Waals surface area contributed by atoms with Gasteiger partial charge in [0.25, 0.3) is 0 Å². The van der Waals surface area contributed by atoms with Crippen LogP contribution in [0.1, 0.15) is 42.4 Å². The standard InChI is InChI=1S/C22H26F3N3O3/c23-22(24,25)15-30-14-17-9-7-16(8-10-17)12-27-21(29)28-13-18-4-3-11-26-20(18)31-19-5-1-2-6-19/h3-4,7-11,19H,1-2,5-6,12-15H2,(H2,27,28,29). The van der Waals surface area contributed by atoms with Crippen molar-refractivity contribution in [2.45, 2.75) is 57.7 Å². The molecular formula is C22H26F3N3O3. The van der Waals surface area contributed by atoms with Gasteiger partial charge in [-0.15, -0.1) is 0 Å². The summed E-state index contributed by atoms with van der Waals surface area (Å²) in [6.45, 7) is -0.823. The molecule has 168 valence electrons. The quantitative estimate of drug-likeness (QED) is 0.607. The summed E-state index contributed by atoms with van der Waals surface area (Å²) in [6, 6.07) is 10.2. The first kappa shape index (κ1) is 22.9. The van der Waals surface area contributed by atoms with Gasteiger partial charge in [0, 0.05) is 24.8 Å². The number of aromatic nitrogens is 1. The molecule has 1 aromatic heterocycles. The minimum atomic E-state index is -4.34. The van der Waals surface area contributed by atoms with Crippen molar-refractivity contribution in [3.05, 3.63) is 59.3 Å². The second kappa shape index (κ2) is 11.0. The number of pyridine rings is 1. The Bertz CT molecular complexity index is 838. The number of rotatable bonds is 9. The smallest absolute Gasteiger partial charge is 0.411 e. The molecule has 1 aromatic carbocycles. The van der Waals surface area contributed by atoms with E-state index < -0.39 is 12.8 Å². The van der Waals surface area contributed by atoms with Crippen molar-refractivity contribution in [1.82, 2.24) is 15.6 Å². The maximum absolute atomic E-state index is 12.1. The van der Waals surface area contributed by atoms with E-state index in [1.54, 1.807) is 36.5 Å². The third-order valence-electron chi connectivity index (χ3n) is 4.88. The Morgan fingerprint density at radius 3 is 2.42 bits per heavy atom. The lowest BCUT2D eigenvalue weighted by atomic mass is 10.1. The summed E-state index contributed by atoms with van der Waals surface area (Å²) >= 11 is 0. The van der Waals surface area contributed by atoms with Gasteiger partial charge < -0.3 is 20.1 Å². The monoisotopic (exact) mass is 437 g/mol. The van der Waals surface area contributed by atoms with Crippen LogP contribution >= 0.6 is 0 Å². The molecule has 0 radical (unpaired) electrons. The maximum atomic E-state index is 12.1. The van der Waals surface area contributed by atoms with Crippen molar-refractivity contribution in [1.29, 1.82) is 0 Å². The molecule has 2 N–H and O–H groups in total. The van der Waals surface area contributed by atoms with Crippen LogP contribution in [-0.2, 0) is 24.4 Å². The van der Waals surface area contributed by atoms with Crippen LogP contribution in [0.15, 0.2) is 42.6 Å². The highest BCUT2D eigenvalue weighted by atomic mass is 19.4. The van der Waals surface area contributed by atoms with Crippen LogP contribution in [0.4, 0.5) is 18.0 Å². The number of nitrogens with one attached hydrogen (secondary N) is 2. The predicted octanol–water partition coefficient (Wildman–Crippen LogP) is 4.48. The third kappa shape index (κ3) is 8.09. The second-order valence-electron chi connectivity index (χ2n) is 7.45. The van der Waals surface area contributed by atoms with Gasteiger partial charge in [-0.25, -0.2) is 9.78 Å². The molecule has 9 heteroatoms. The zero-order chi connectivity index (χ0) is 22.1. The molecular weight excluding hydrogens is 411 g/mol. The number of urea groups is 1. The van der Waals surface area contributed by atoms with E-state index >= 15 is 0 Å². The van der Waals surface area contributed by atoms with Crippen molar-refractivity contribution in [2.24, 2.45) is 0 Å². The highest BCUT2D eigenvalue weighted by molar-refractivity contribution is 5.73. The van der Waals surface area contributed by atoms with Crippen LogP contribution < -0.4 is 15.4 Å². The molecule has 0 bridgehead atoms. The van der Waals surface area contributed by atoms with E-state index in [-0.39, 0.29) is 31.8 Å². The van der Waals surface area contributed by atoms with E-state index in [4.69, 9.17) is 4.74 Å². The van der Waals surface area contributed by atoms with Crippen LogP contribution in [0.3, 0.4) is 0 Å². The van der Waals surface area contributed by atoms with Gasteiger partial charge in [0.05, 0.1) is 6.61 Å². The number of benzene rings is 1. The third-order valence-corrected chi connectivity index (χ3v) is 4.88. The fourth-order valence-corrected chi connectivity index (χ4v) is 3.29. The summed E-state index contributed by atoms with van der Waals surface area (Å²) in [5.41, 5.74) is 2.26. The van der Waals surface area contributed by atoms with Gasteiger partial charge in [0.15, 0.2) is 0 Å². The molecule has 3 rings (SSSR count). The topological polar surface area (TPSA) is 72.5 Å². The number of amides is 2. The fourth-order valence-electron chi connectivity index (χ4n) is 3.29. The summed E-state index contributed by atoms with van der Waals surface area (Å²) in [5.74, 6) is 0.554. The minimum Gasteiger partial charge on any atom is -0.474 e. The Hall–Kier alpha value is -2.81. The van der Waals surface area contributed by atoms with Crippen LogP contribution in [-0.4, -0.2) is 29.9 Å². The molecule has 0 aliphatic heterocycles. The summed E-state index contributed by atoms with van der Waals surface area (Å²) in [7, 11) is 0. The number of ether oxygens (including phenoxy) is 2. The Morgan fingerprint density at radius 2 is 1.71 bits per heavy atom. The lowest BCUT2D eigenvalue weighted by molar-refractivity contribution is -0.176. The molecule has 2 amide bonds. The molecule has 2 aromatic rings. The van der Waals surface area contributed by atoms with Gasteiger partial charge in [0.2, 0.25) is 5.88 Å². The summed E-state index contributed by atoms with van der Waals surface area (Å²) in [5, 5.41) is 5.54. The van der Waals surface area contributed by atoms with Crippen molar-refractivity contribution in [2.75, 3.05) is 6.61 Å². The summed E-state index contributed by atoms with van der Waals surface area (Å²) < 4.78 is 46.9. The van der Waals surface area contributed by atoms with Crippen LogP contribution in [0.2, 0.25) is 0 Å². The van der Waals surface area contributed by atoms with Gasteiger partial charge in [-0.1, -0.05) is 30.3 Å². The van der Waals surface area contributed by atoms with Gasteiger partial charge in [0.1, 0.15) is 12.7 Å². The Balaban J connectivity index is 1.40. The molecule has 0 spiro atoms. The number of carbonyl (C=O) groups is 1. The first-order chi connectivity index (χ1) is 14.9. The zero-order valence-corrected chi connectivity index (χ0v) is 17.1. The highest BCUT2D eigenvalue weighted by Gasteiger charge is 2.27. The highest BCUT2D eigenvalue weighted by Crippen LogP contribution is 2.25. The molecule has 1 saturated carbocycles. The molecule has 1 heterocycles. The number of alkyl halides is 3. The van der Waals surface area contributed by atoms with Gasteiger partial charge in [-0.3, -0.25) is 0 Å². The van der Waals surface area contributed by atoms with E-state index in [9.17, 15) is 18.0 Å². The molecule has 0 atom stereocenters. The number of halogens is 3. The average molecular weight is 437 g/mol. The number of hydrogen-bond donors (Lipinski definition) is 2. The van der Waals surface area contributed by atoms with Gasteiger partial charge in [-0.2, -0.15) is 13.2 Å². The number of carbonyl (C=O) groups excluding carboxylic acids is 1. The first-order valence-electron chi connectivity index (χ1n) is 10.2. The maximum Gasteiger partial charge on any atom is 0.411 e. The summed E-state index contributed by atoms with van der Waals surface area (Å²) in [6.07, 6.45) is 1.89. The normalized spacial score (nSPS) is 14.4. The molecule has 1 aliphatic carbocycles. The van der Waals surface area contributed by atoms with E-state index in [1.165, 1.54) is 0 Å². The lowest BCUT2D eigenvalue weighted by Gasteiger charge is -2.15. The number of hydrogen-bond acceptors (Lipinski definition) is 4. The molecule has 31 heavy (non-hydrogen) atoms. The van der Waals surface area contributed by atoms with E-state index in [2.05, 4.69) is 20.4 Å². The Morgan fingerprint density at radius 1 is 1.03 bits per heavy atom. The van der Waals surface area contributed by atoms with Crippen molar-refractivity contribution >= 4 is 6.03 Å². The van der Waals surface area contributed by atoms with Crippen molar-refractivity contribution < 1.29 is 27.4 Å². The zero-order valence-electron chi connectivity index (χ0n) is 17.1. The Labute approximate surface area is 179 Å². The van der Waals surface area contributed by atoms with E-state index in [0.29, 0.717) is 11.4 Å². The molecule has 1 aliphatic rings. The van der Waals surface area contributed by atoms with Gasteiger partial charge in [-0.05, 0) is 42.9 Å². The lowest BCUT2D eigenvalue weighted by Crippen LogP contribution is -2.34. The SMILES string of the molecule is O=C(NCc1ccc(COCC(F)(F)F)cc1)NCc1cccnc1OC1CCCC1.